The Balaban J connectivity index is 1.37. The molecule has 0 bridgehead atoms. The molecule has 0 amide bonds. The number of anilines is 1. The zero-order valence-corrected chi connectivity index (χ0v) is 17.2. The predicted molar refractivity (Wildman–Crippen MR) is 121 cm³/mol. The van der Waals surface area contributed by atoms with Crippen molar-refractivity contribution in [2.24, 2.45) is 5.92 Å². The van der Waals surface area contributed by atoms with Gasteiger partial charge >= 0.3 is 0 Å². The topological polar surface area (TPSA) is 59.5 Å². The van der Waals surface area contributed by atoms with Crippen LogP contribution in [0.2, 0.25) is 0 Å². The first-order valence-corrected chi connectivity index (χ1v) is 10.8. The highest BCUT2D eigenvalue weighted by atomic mass is 16.3. The van der Waals surface area contributed by atoms with Crippen molar-refractivity contribution in [3.63, 3.8) is 0 Å². The molecule has 1 aliphatic heterocycles. The van der Waals surface area contributed by atoms with Gasteiger partial charge in [-0.1, -0.05) is 42.5 Å². The molecule has 5 aromatic rings. The summed E-state index contributed by atoms with van der Waals surface area (Å²) in [5, 5.41) is 9.98. The van der Waals surface area contributed by atoms with Crippen LogP contribution in [0.15, 0.2) is 77.4 Å². The first-order valence-electron chi connectivity index (χ1n) is 10.8. The molecule has 0 saturated carbocycles. The number of aromatic nitrogens is 4. The molecule has 0 spiro atoms. The van der Waals surface area contributed by atoms with Gasteiger partial charge in [-0.2, -0.15) is 0 Å². The van der Waals surface area contributed by atoms with Gasteiger partial charge in [-0.3, -0.25) is 0 Å². The van der Waals surface area contributed by atoms with E-state index in [1.807, 2.05) is 36.4 Å². The van der Waals surface area contributed by atoms with Crippen LogP contribution in [0.5, 0.6) is 0 Å². The lowest BCUT2D eigenvalue weighted by atomic mass is 9.90. The molecule has 6 rings (SSSR count). The zero-order chi connectivity index (χ0) is 20.6. The van der Waals surface area contributed by atoms with E-state index in [1.54, 1.807) is 6.26 Å². The number of fused-ring (bicyclic) bond motifs is 3. The summed E-state index contributed by atoms with van der Waals surface area (Å²) < 4.78 is 7.71. The van der Waals surface area contributed by atoms with Crippen LogP contribution in [0.3, 0.4) is 0 Å². The summed E-state index contributed by atoms with van der Waals surface area (Å²) in [6.45, 7) is 1.93. The van der Waals surface area contributed by atoms with E-state index in [1.165, 1.54) is 5.56 Å². The van der Waals surface area contributed by atoms with Crippen molar-refractivity contribution in [3.8, 4) is 11.6 Å². The Hall–Kier alpha value is -3.67. The van der Waals surface area contributed by atoms with E-state index < -0.39 is 0 Å². The highest BCUT2D eigenvalue weighted by molar-refractivity contribution is 5.93. The highest BCUT2D eigenvalue weighted by Crippen LogP contribution is 2.31. The smallest absolute Gasteiger partial charge is 0.213 e. The Bertz CT molecular complexity index is 1320. The van der Waals surface area contributed by atoms with Crippen LogP contribution in [0.1, 0.15) is 18.4 Å². The van der Waals surface area contributed by atoms with Gasteiger partial charge in [0.15, 0.2) is 11.4 Å². The van der Waals surface area contributed by atoms with Crippen LogP contribution in [0.4, 0.5) is 5.95 Å². The largest absolute Gasteiger partial charge is 0.461 e. The number of furan rings is 1. The number of hydrogen-bond donors (Lipinski definition) is 0. The standard InChI is InChI=1S/C25H23N5O/c1-2-7-18(8-3-1)17-19-12-14-29(15-13-19)25-26-21-10-5-4-9-20(21)23-27-28-24(30(23)25)22-11-6-16-31-22/h1-11,16,19H,12-15,17H2. The molecular weight excluding hydrogens is 386 g/mol. The first-order chi connectivity index (χ1) is 15.4. The summed E-state index contributed by atoms with van der Waals surface area (Å²) in [5.41, 5.74) is 3.18. The molecule has 6 nitrogen and oxygen atoms in total. The molecule has 0 radical (unpaired) electrons. The van der Waals surface area contributed by atoms with Crippen LogP contribution in [0, 0.1) is 5.92 Å². The van der Waals surface area contributed by atoms with Gasteiger partial charge in [-0.05, 0) is 55.0 Å². The molecule has 2 aromatic carbocycles. The van der Waals surface area contributed by atoms with Crippen molar-refractivity contribution in [2.75, 3.05) is 18.0 Å². The van der Waals surface area contributed by atoms with Crippen LogP contribution < -0.4 is 4.90 Å². The van der Waals surface area contributed by atoms with Gasteiger partial charge in [-0.25, -0.2) is 9.38 Å². The van der Waals surface area contributed by atoms with Gasteiger partial charge in [-0.15, -0.1) is 10.2 Å². The molecule has 1 saturated heterocycles. The summed E-state index contributed by atoms with van der Waals surface area (Å²) in [7, 11) is 0. The maximum atomic E-state index is 5.65. The number of benzene rings is 2. The fraction of sp³-hybridized carbons (Fsp3) is 0.240. The van der Waals surface area contributed by atoms with Crippen molar-refractivity contribution in [3.05, 3.63) is 78.6 Å². The third kappa shape index (κ3) is 3.24. The molecule has 4 heterocycles. The molecule has 6 heteroatoms. The fourth-order valence-corrected chi connectivity index (χ4v) is 4.63. The molecule has 31 heavy (non-hydrogen) atoms. The van der Waals surface area contributed by atoms with E-state index in [-0.39, 0.29) is 0 Å². The van der Waals surface area contributed by atoms with E-state index in [0.717, 1.165) is 54.9 Å². The van der Waals surface area contributed by atoms with Crippen LogP contribution in [-0.4, -0.2) is 32.7 Å². The number of para-hydroxylation sites is 1. The Morgan fingerprint density at radius 3 is 2.48 bits per heavy atom. The number of rotatable bonds is 4. The Morgan fingerprint density at radius 2 is 1.68 bits per heavy atom. The average Bonchev–Trinajstić information content (AvgIpc) is 3.50. The third-order valence-corrected chi connectivity index (χ3v) is 6.23. The molecule has 3 aromatic heterocycles. The lowest BCUT2D eigenvalue weighted by Crippen LogP contribution is -2.36. The molecule has 0 unspecified atom stereocenters. The minimum atomic E-state index is 0.694. The van der Waals surface area contributed by atoms with Gasteiger partial charge in [0, 0.05) is 18.5 Å². The second-order valence-electron chi connectivity index (χ2n) is 8.21. The minimum Gasteiger partial charge on any atom is -0.461 e. The van der Waals surface area contributed by atoms with Crippen molar-refractivity contribution in [1.29, 1.82) is 0 Å². The van der Waals surface area contributed by atoms with E-state index in [2.05, 4.69) is 49.8 Å². The second-order valence-corrected chi connectivity index (χ2v) is 8.21. The summed E-state index contributed by atoms with van der Waals surface area (Å²) in [6, 6.07) is 22.7. The maximum Gasteiger partial charge on any atom is 0.213 e. The first kappa shape index (κ1) is 18.1. The monoisotopic (exact) mass is 409 g/mol. The molecule has 1 aliphatic rings. The summed E-state index contributed by atoms with van der Waals surface area (Å²) >= 11 is 0. The molecule has 1 fully saturated rings. The number of hydrogen-bond acceptors (Lipinski definition) is 5. The van der Waals surface area contributed by atoms with Gasteiger partial charge in [0.25, 0.3) is 0 Å². The predicted octanol–water partition coefficient (Wildman–Crippen LogP) is 5.00. The van der Waals surface area contributed by atoms with E-state index in [0.29, 0.717) is 17.5 Å². The summed E-state index contributed by atoms with van der Waals surface area (Å²) in [4.78, 5) is 7.42. The Kier molecular flexibility index (Phi) is 4.41. The van der Waals surface area contributed by atoms with Crippen molar-refractivity contribution in [2.45, 2.75) is 19.3 Å². The van der Waals surface area contributed by atoms with Crippen molar-refractivity contribution >= 4 is 22.5 Å². The maximum absolute atomic E-state index is 5.65. The lowest BCUT2D eigenvalue weighted by Gasteiger charge is -2.33. The van der Waals surface area contributed by atoms with Crippen molar-refractivity contribution in [1.82, 2.24) is 19.6 Å². The molecule has 0 aliphatic carbocycles. The van der Waals surface area contributed by atoms with Crippen LogP contribution >= 0.6 is 0 Å². The van der Waals surface area contributed by atoms with Gasteiger partial charge < -0.3 is 9.32 Å². The third-order valence-electron chi connectivity index (χ3n) is 6.23. The normalized spacial score (nSPS) is 15.2. The van der Waals surface area contributed by atoms with Gasteiger partial charge in [0.1, 0.15) is 0 Å². The fourth-order valence-electron chi connectivity index (χ4n) is 4.63. The Labute approximate surface area is 180 Å². The lowest BCUT2D eigenvalue weighted by molar-refractivity contribution is 0.400. The second kappa shape index (κ2) is 7.54. The quantitative estimate of drug-likeness (QED) is 0.418. The summed E-state index contributed by atoms with van der Waals surface area (Å²) in [5.74, 6) is 2.98. The van der Waals surface area contributed by atoms with Crippen molar-refractivity contribution < 1.29 is 4.42 Å². The summed E-state index contributed by atoms with van der Waals surface area (Å²) in [6.07, 6.45) is 5.09. The molecular formula is C25H23N5O. The van der Waals surface area contributed by atoms with Crippen LogP contribution in [0.25, 0.3) is 28.1 Å². The van der Waals surface area contributed by atoms with E-state index >= 15 is 0 Å². The van der Waals surface area contributed by atoms with E-state index in [4.69, 9.17) is 9.40 Å². The van der Waals surface area contributed by atoms with Crippen LogP contribution in [-0.2, 0) is 6.42 Å². The van der Waals surface area contributed by atoms with Gasteiger partial charge in [0.05, 0.1) is 11.8 Å². The highest BCUT2D eigenvalue weighted by Gasteiger charge is 2.25. The SMILES string of the molecule is c1ccc(CC2CCN(c3nc4ccccc4c4nnc(-c5ccco5)n34)CC2)cc1. The van der Waals surface area contributed by atoms with E-state index in [9.17, 15) is 0 Å². The Morgan fingerprint density at radius 1 is 0.871 bits per heavy atom. The zero-order valence-electron chi connectivity index (χ0n) is 17.2. The minimum absolute atomic E-state index is 0.694. The number of piperidine rings is 1. The van der Waals surface area contributed by atoms with Gasteiger partial charge in [0.2, 0.25) is 11.8 Å². The molecule has 154 valence electrons. The molecule has 0 N–H and O–H groups in total. The average molecular weight is 409 g/mol. The molecule has 0 atom stereocenters. The number of nitrogens with zero attached hydrogens (tertiary/aromatic N) is 5.